The average molecular weight is 457 g/mol. The van der Waals surface area contributed by atoms with Crippen LogP contribution in [0.3, 0.4) is 0 Å². The molecule has 0 unspecified atom stereocenters. The summed E-state index contributed by atoms with van der Waals surface area (Å²) in [7, 11) is 0. The molecule has 0 fully saturated rings. The molecule has 0 saturated carbocycles. The second-order valence-corrected chi connectivity index (χ2v) is 9.23. The van der Waals surface area contributed by atoms with Crippen LogP contribution < -0.4 is 9.64 Å². The summed E-state index contributed by atoms with van der Waals surface area (Å²) in [5.41, 5.74) is -0.987. The third-order valence-electron chi connectivity index (χ3n) is 4.05. The van der Waals surface area contributed by atoms with Gasteiger partial charge in [0.05, 0.1) is 16.8 Å². The van der Waals surface area contributed by atoms with E-state index in [0.29, 0.717) is 17.1 Å². The fourth-order valence-corrected chi connectivity index (χ4v) is 3.37. The van der Waals surface area contributed by atoms with E-state index in [2.05, 4.69) is 15.2 Å². The molecule has 0 aliphatic rings. The molecule has 0 radical (unpaired) electrons. The lowest BCUT2D eigenvalue weighted by Crippen LogP contribution is -2.19. The number of carbonyl (C=O) groups is 1. The van der Waals surface area contributed by atoms with Crippen molar-refractivity contribution in [3.63, 3.8) is 0 Å². The summed E-state index contributed by atoms with van der Waals surface area (Å²) in [4.78, 5) is 22.6. The molecule has 1 aromatic heterocycles. The Hall–Kier alpha value is -2.49. The maximum absolute atomic E-state index is 13.2. The summed E-state index contributed by atoms with van der Waals surface area (Å²) >= 11 is 1.25. The Morgan fingerprint density at radius 1 is 1.23 bits per heavy atom. The van der Waals surface area contributed by atoms with Gasteiger partial charge in [-0.3, -0.25) is 4.79 Å². The minimum absolute atomic E-state index is 0.0939. The van der Waals surface area contributed by atoms with Gasteiger partial charge in [-0.25, -0.2) is 4.68 Å². The number of rotatable bonds is 6. The van der Waals surface area contributed by atoms with Crippen LogP contribution in [0.1, 0.15) is 75.3 Å². The Labute approximate surface area is 183 Å². The van der Waals surface area contributed by atoms with E-state index in [9.17, 15) is 18.0 Å². The van der Waals surface area contributed by atoms with E-state index < -0.39 is 17.6 Å². The number of aryl methyl sites for hydroxylation is 1. The average Bonchev–Trinajstić information content (AvgIpc) is 3.06. The van der Waals surface area contributed by atoms with Crippen molar-refractivity contribution in [3.05, 3.63) is 39.1 Å². The molecule has 170 valence electrons. The summed E-state index contributed by atoms with van der Waals surface area (Å²) in [6, 6.07) is 2.67. The Morgan fingerprint density at radius 2 is 1.90 bits per heavy atom. The second kappa shape index (κ2) is 9.76. The van der Waals surface area contributed by atoms with Gasteiger partial charge in [0.1, 0.15) is 5.01 Å². The number of aromatic nitrogens is 2. The first-order valence-electron chi connectivity index (χ1n) is 9.90. The summed E-state index contributed by atoms with van der Waals surface area (Å²) < 4.78 is 41.3. The first kappa shape index (κ1) is 24.8. The minimum atomic E-state index is -4.61. The van der Waals surface area contributed by atoms with Crippen LogP contribution in [0.4, 0.5) is 13.2 Å². The van der Waals surface area contributed by atoms with Gasteiger partial charge in [-0.15, -0.1) is 0 Å². The van der Waals surface area contributed by atoms with Crippen molar-refractivity contribution < 1.29 is 22.8 Å². The Morgan fingerprint density at radius 3 is 2.45 bits per heavy atom. The highest BCUT2D eigenvalue weighted by atomic mass is 32.1. The van der Waals surface area contributed by atoms with Gasteiger partial charge in [0.15, 0.2) is 5.75 Å². The van der Waals surface area contributed by atoms with Crippen LogP contribution in [0.25, 0.3) is 0 Å². The van der Waals surface area contributed by atoms with Crippen molar-refractivity contribution in [2.24, 2.45) is 10.1 Å². The number of unbranched alkanes of at least 4 members (excludes halogenated alkanes) is 1. The summed E-state index contributed by atoms with van der Waals surface area (Å²) in [5.74, 6) is -0.942. The lowest BCUT2D eigenvalue weighted by Gasteiger charge is -2.12. The quantitative estimate of drug-likeness (QED) is 0.421. The van der Waals surface area contributed by atoms with E-state index in [-0.39, 0.29) is 16.7 Å². The predicted octanol–water partition coefficient (Wildman–Crippen LogP) is 5.58. The van der Waals surface area contributed by atoms with Crippen LogP contribution in [0, 0.1) is 0 Å². The van der Waals surface area contributed by atoms with E-state index in [4.69, 9.17) is 4.84 Å². The van der Waals surface area contributed by atoms with Crippen molar-refractivity contribution in [1.82, 2.24) is 9.78 Å². The molecule has 1 aromatic carbocycles. The molecule has 0 aliphatic carbocycles. The highest BCUT2D eigenvalue weighted by Crippen LogP contribution is 2.33. The zero-order chi connectivity index (χ0) is 23.4. The molecule has 10 heteroatoms. The highest BCUT2D eigenvalue weighted by molar-refractivity contribution is 7.09. The smallest absolute Gasteiger partial charge is 0.356 e. The molecule has 0 bridgehead atoms. The first-order chi connectivity index (χ1) is 14.3. The molecule has 0 atom stereocenters. The minimum Gasteiger partial charge on any atom is -0.356 e. The molecule has 6 nitrogen and oxygen atoms in total. The third kappa shape index (κ3) is 6.75. The molecule has 0 N–H and O–H groups in total. The van der Waals surface area contributed by atoms with Gasteiger partial charge >= 0.3 is 6.18 Å². The van der Waals surface area contributed by atoms with Crippen molar-refractivity contribution in [1.29, 1.82) is 0 Å². The molecule has 0 aliphatic heterocycles. The number of amides is 1. The molecule has 0 saturated heterocycles. The number of benzene rings is 1. The van der Waals surface area contributed by atoms with Crippen LogP contribution in [-0.4, -0.2) is 21.4 Å². The number of halogens is 3. The molecule has 31 heavy (non-hydrogen) atoms. The predicted molar refractivity (Wildman–Crippen MR) is 114 cm³/mol. The lowest BCUT2D eigenvalue weighted by molar-refractivity contribution is -0.137. The standard InChI is InChI=1S/C21H27F3N4O2S/c1-7-8-11-28-19(31-18(26-28)20(4,5)6)25-17(29)15-12-14(21(22,23)24)9-10-16(15)30-27-13(2)3/h9-10,12H,7-8,11H2,1-6H3/b25-19-. The maximum atomic E-state index is 13.2. The zero-order valence-electron chi connectivity index (χ0n) is 18.5. The molecular weight excluding hydrogens is 429 g/mol. The van der Waals surface area contributed by atoms with E-state index in [1.165, 1.54) is 11.3 Å². The number of oxime groups is 1. The van der Waals surface area contributed by atoms with Gasteiger partial charge < -0.3 is 4.84 Å². The van der Waals surface area contributed by atoms with Crippen molar-refractivity contribution in [2.45, 2.75) is 72.5 Å². The fourth-order valence-electron chi connectivity index (χ4n) is 2.39. The molecule has 0 spiro atoms. The highest BCUT2D eigenvalue weighted by Gasteiger charge is 2.32. The van der Waals surface area contributed by atoms with Gasteiger partial charge in [0.2, 0.25) is 4.80 Å². The van der Waals surface area contributed by atoms with E-state index >= 15 is 0 Å². The Bertz CT molecular complexity index is 1030. The van der Waals surface area contributed by atoms with Gasteiger partial charge in [0.25, 0.3) is 5.91 Å². The third-order valence-corrected chi connectivity index (χ3v) is 5.42. The number of hydrogen-bond acceptors (Lipinski definition) is 5. The topological polar surface area (TPSA) is 68.8 Å². The monoisotopic (exact) mass is 456 g/mol. The number of nitrogens with zero attached hydrogens (tertiary/aromatic N) is 4. The van der Waals surface area contributed by atoms with Gasteiger partial charge in [-0.05, 0) is 38.5 Å². The van der Waals surface area contributed by atoms with Crippen LogP contribution in [0.2, 0.25) is 0 Å². The van der Waals surface area contributed by atoms with E-state index in [1.54, 1.807) is 18.5 Å². The first-order valence-corrected chi connectivity index (χ1v) is 10.7. The molecule has 2 aromatic rings. The summed E-state index contributed by atoms with van der Waals surface area (Å²) in [6.45, 7) is 11.9. The Balaban J connectivity index is 2.60. The molecule has 1 amide bonds. The Kier molecular flexibility index (Phi) is 7.80. The summed E-state index contributed by atoms with van der Waals surface area (Å²) in [6.07, 6.45) is -2.86. The SMILES string of the molecule is CCCCn1nc(C(C)(C)C)s/c1=N\C(=O)c1cc(C(F)(F)F)ccc1ON=C(C)C. The number of hydrogen-bond donors (Lipinski definition) is 0. The van der Waals surface area contributed by atoms with Gasteiger partial charge in [0, 0.05) is 12.0 Å². The maximum Gasteiger partial charge on any atom is 0.416 e. The molecule has 2 rings (SSSR count). The second-order valence-electron chi connectivity index (χ2n) is 8.27. The van der Waals surface area contributed by atoms with Gasteiger partial charge in [-0.2, -0.15) is 23.3 Å². The largest absolute Gasteiger partial charge is 0.416 e. The van der Waals surface area contributed by atoms with E-state index in [1.807, 2.05) is 27.7 Å². The normalized spacial score (nSPS) is 12.7. The van der Waals surface area contributed by atoms with Crippen LogP contribution >= 0.6 is 11.3 Å². The number of carbonyl (C=O) groups excluding carboxylic acids is 1. The van der Waals surface area contributed by atoms with Gasteiger partial charge in [-0.1, -0.05) is 50.6 Å². The molecule has 1 heterocycles. The van der Waals surface area contributed by atoms with Crippen molar-refractivity contribution in [2.75, 3.05) is 0 Å². The number of alkyl halides is 3. The van der Waals surface area contributed by atoms with Crippen LogP contribution in [0.5, 0.6) is 5.75 Å². The lowest BCUT2D eigenvalue weighted by atomic mass is 9.98. The van der Waals surface area contributed by atoms with Crippen molar-refractivity contribution in [3.8, 4) is 5.75 Å². The van der Waals surface area contributed by atoms with Crippen molar-refractivity contribution >= 4 is 23.0 Å². The fraction of sp³-hybridized carbons (Fsp3) is 0.524. The van der Waals surface area contributed by atoms with Crippen LogP contribution in [0.15, 0.2) is 28.3 Å². The summed E-state index contributed by atoms with van der Waals surface area (Å²) in [5, 5.41) is 9.10. The zero-order valence-corrected chi connectivity index (χ0v) is 19.3. The van der Waals surface area contributed by atoms with Crippen LogP contribution in [-0.2, 0) is 18.1 Å². The molecular formula is C21H27F3N4O2S. The van der Waals surface area contributed by atoms with E-state index in [0.717, 1.165) is 36.0 Å².